The molecule has 11 heteroatoms. The molecule has 0 radical (unpaired) electrons. The predicted octanol–water partition coefficient (Wildman–Crippen LogP) is 5.76. The zero-order valence-corrected chi connectivity index (χ0v) is 25.4. The second-order valence-corrected chi connectivity index (χ2v) is 10.5. The van der Waals surface area contributed by atoms with Gasteiger partial charge in [-0.1, -0.05) is 42.1 Å². The van der Waals surface area contributed by atoms with Gasteiger partial charge in [0.1, 0.15) is 29.1 Å². The summed E-state index contributed by atoms with van der Waals surface area (Å²) in [7, 11) is 4.54. The number of hydrogen-bond acceptors (Lipinski definition) is 8. The lowest BCUT2D eigenvalue weighted by molar-refractivity contribution is -0.137. The normalized spacial score (nSPS) is 11.4. The standard InChI is InChI=1S/C32H33FN4O5S/c1-20-16-21(2)35-32(34-20)43-19-29(38)37(18-23-8-6-7-9-26(23)33)30(22-10-12-24(40-3)13-11-22)31(39)36-27-15-14-25(41-4)17-28(27)42-5/h6-17,30H,18-19H2,1-5H3,(H,36,39)/t30-/m0/s1. The van der Waals surface area contributed by atoms with E-state index < -0.39 is 23.7 Å². The Bertz CT molecular complexity index is 1560. The van der Waals surface area contributed by atoms with Gasteiger partial charge >= 0.3 is 0 Å². The second-order valence-electron chi connectivity index (χ2n) is 9.57. The third kappa shape index (κ3) is 8.01. The van der Waals surface area contributed by atoms with Crippen LogP contribution in [-0.4, -0.2) is 53.8 Å². The average Bonchev–Trinajstić information content (AvgIpc) is 3.00. The molecule has 9 nitrogen and oxygen atoms in total. The maximum Gasteiger partial charge on any atom is 0.251 e. The Hall–Kier alpha value is -4.64. The maximum atomic E-state index is 14.9. The number of carbonyl (C=O) groups is 2. The summed E-state index contributed by atoms with van der Waals surface area (Å²) in [6.45, 7) is 3.54. The molecule has 0 fully saturated rings. The van der Waals surface area contributed by atoms with Crippen molar-refractivity contribution in [2.24, 2.45) is 0 Å². The van der Waals surface area contributed by atoms with Gasteiger partial charge in [0.2, 0.25) is 5.91 Å². The van der Waals surface area contributed by atoms with Crippen LogP contribution in [0.25, 0.3) is 0 Å². The number of nitrogens with zero attached hydrogens (tertiary/aromatic N) is 3. The zero-order chi connectivity index (χ0) is 30.9. The molecule has 3 aromatic carbocycles. The van der Waals surface area contributed by atoms with Crippen molar-refractivity contribution < 1.29 is 28.2 Å². The molecule has 4 aromatic rings. The van der Waals surface area contributed by atoms with E-state index in [9.17, 15) is 14.0 Å². The number of ether oxygens (including phenoxy) is 3. The third-order valence-electron chi connectivity index (χ3n) is 6.56. The SMILES string of the molecule is COc1ccc([C@@H](C(=O)Nc2ccc(OC)cc2OC)N(Cc2ccccc2F)C(=O)CSc2nc(C)cc(C)n2)cc1. The monoisotopic (exact) mass is 604 g/mol. The summed E-state index contributed by atoms with van der Waals surface area (Å²) < 4.78 is 31.0. The third-order valence-corrected chi connectivity index (χ3v) is 7.40. The van der Waals surface area contributed by atoms with E-state index in [1.807, 2.05) is 19.9 Å². The number of rotatable bonds is 12. The summed E-state index contributed by atoms with van der Waals surface area (Å²) in [5.74, 6) is -0.00669. The van der Waals surface area contributed by atoms with Gasteiger partial charge in [0.05, 0.1) is 32.8 Å². The van der Waals surface area contributed by atoms with Crippen molar-refractivity contribution in [2.45, 2.75) is 31.6 Å². The molecule has 1 N–H and O–H groups in total. The fourth-order valence-corrected chi connectivity index (χ4v) is 5.30. The highest BCUT2D eigenvalue weighted by molar-refractivity contribution is 7.99. The summed E-state index contributed by atoms with van der Waals surface area (Å²) in [6, 6.07) is 18.6. The number of nitrogens with one attached hydrogen (secondary N) is 1. The van der Waals surface area contributed by atoms with Crippen molar-refractivity contribution in [3.63, 3.8) is 0 Å². The van der Waals surface area contributed by atoms with Crippen molar-refractivity contribution >= 4 is 29.3 Å². The van der Waals surface area contributed by atoms with Crippen LogP contribution in [0.3, 0.4) is 0 Å². The molecule has 0 saturated carbocycles. The van der Waals surface area contributed by atoms with E-state index in [0.29, 0.717) is 33.7 Å². The Kier molecular flexibility index (Phi) is 10.6. The summed E-state index contributed by atoms with van der Waals surface area (Å²) >= 11 is 1.15. The second kappa shape index (κ2) is 14.5. The molecule has 0 saturated heterocycles. The molecule has 1 heterocycles. The van der Waals surface area contributed by atoms with Crippen LogP contribution in [0.5, 0.6) is 17.2 Å². The van der Waals surface area contributed by atoms with E-state index in [1.54, 1.807) is 60.7 Å². The van der Waals surface area contributed by atoms with Crippen molar-refractivity contribution in [1.82, 2.24) is 14.9 Å². The van der Waals surface area contributed by atoms with Crippen LogP contribution in [0.4, 0.5) is 10.1 Å². The zero-order valence-electron chi connectivity index (χ0n) is 24.6. The minimum Gasteiger partial charge on any atom is -0.497 e. The number of hydrogen-bond donors (Lipinski definition) is 1. The van der Waals surface area contributed by atoms with Crippen molar-refractivity contribution in [3.05, 3.63) is 101 Å². The molecule has 0 unspecified atom stereocenters. The Labute approximate surface area is 254 Å². The highest BCUT2D eigenvalue weighted by Crippen LogP contribution is 2.33. The van der Waals surface area contributed by atoms with Crippen LogP contribution in [0.1, 0.15) is 28.6 Å². The molecular weight excluding hydrogens is 571 g/mol. The molecule has 4 rings (SSSR count). The lowest BCUT2D eigenvalue weighted by atomic mass is 10.0. The highest BCUT2D eigenvalue weighted by Gasteiger charge is 2.33. The number of methoxy groups -OCH3 is 3. The molecular formula is C32H33FN4O5S. The minimum absolute atomic E-state index is 0.0802. The number of thioether (sulfide) groups is 1. The van der Waals surface area contributed by atoms with Crippen molar-refractivity contribution in [3.8, 4) is 17.2 Å². The van der Waals surface area contributed by atoms with E-state index in [-0.39, 0.29) is 17.9 Å². The van der Waals surface area contributed by atoms with Gasteiger partial charge in [-0.05, 0) is 55.8 Å². The van der Waals surface area contributed by atoms with Gasteiger partial charge in [0.25, 0.3) is 5.91 Å². The number of carbonyl (C=O) groups excluding carboxylic acids is 2. The van der Waals surface area contributed by atoms with Gasteiger partial charge < -0.3 is 24.4 Å². The van der Waals surface area contributed by atoms with Crippen LogP contribution in [0, 0.1) is 19.7 Å². The molecule has 43 heavy (non-hydrogen) atoms. The number of halogens is 1. The van der Waals surface area contributed by atoms with E-state index in [0.717, 1.165) is 23.1 Å². The van der Waals surface area contributed by atoms with Crippen LogP contribution < -0.4 is 19.5 Å². The smallest absolute Gasteiger partial charge is 0.251 e. The van der Waals surface area contributed by atoms with Gasteiger partial charge in [-0.2, -0.15) is 0 Å². The lowest BCUT2D eigenvalue weighted by Gasteiger charge is -2.32. The number of amides is 2. The molecule has 0 spiro atoms. The quantitative estimate of drug-likeness (QED) is 0.161. The maximum absolute atomic E-state index is 14.9. The van der Waals surface area contributed by atoms with Crippen LogP contribution in [0.2, 0.25) is 0 Å². The number of aromatic nitrogens is 2. The predicted molar refractivity (Wildman–Crippen MR) is 163 cm³/mol. The summed E-state index contributed by atoms with van der Waals surface area (Å²) in [4.78, 5) is 38.3. The Morgan fingerprint density at radius 3 is 2.16 bits per heavy atom. The Morgan fingerprint density at radius 1 is 0.884 bits per heavy atom. The summed E-state index contributed by atoms with van der Waals surface area (Å²) in [5, 5.41) is 3.33. The van der Waals surface area contributed by atoms with Gasteiger partial charge in [0, 0.05) is 29.6 Å². The summed E-state index contributed by atoms with van der Waals surface area (Å²) in [5.41, 5.74) is 2.69. The number of aryl methyl sites for hydroxylation is 2. The van der Waals surface area contributed by atoms with E-state index >= 15 is 0 Å². The molecule has 2 amide bonds. The first-order valence-corrected chi connectivity index (χ1v) is 14.4. The molecule has 1 atom stereocenters. The fraction of sp³-hybridized carbons (Fsp3) is 0.250. The molecule has 224 valence electrons. The van der Waals surface area contributed by atoms with Crippen LogP contribution in [0.15, 0.2) is 78.0 Å². The molecule has 0 aliphatic carbocycles. The molecule has 1 aromatic heterocycles. The first kappa shape index (κ1) is 31.3. The topological polar surface area (TPSA) is 103 Å². The van der Waals surface area contributed by atoms with Crippen molar-refractivity contribution in [2.75, 3.05) is 32.4 Å². The van der Waals surface area contributed by atoms with Crippen LogP contribution >= 0.6 is 11.8 Å². The number of benzene rings is 3. The first-order chi connectivity index (χ1) is 20.7. The minimum atomic E-state index is -1.15. The van der Waals surface area contributed by atoms with Gasteiger partial charge in [-0.25, -0.2) is 14.4 Å². The fourth-order valence-electron chi connectivity index (χ4n) is 4.46. The van der Waals surface area contributed by atoms with Crippen molar-refractivity contribution in [1.29, 1.82) is 0 Å². The van der Waals surface area contributed by atoms with E-state index in [4.69, 9.17) is 14.2 Å². The Morgan fingerprint density at radius 2 is 1.53 bits per heavy atom. The first-order valence-electron chi connectivity index (χ1n) is 13.4. The molecule has 0 aliphatic rings. The lowest BCUT2D eigenvalue weighted by Crippen LogP contribution is -2.42. The van der Waals surface area contributed by atoms with Gasteiger partial charge in [0.15, 0.2) is 5.16 Å². The van der Waals surface area contributed by atoms with Gasteiger partial charge in [-0.3, -0.25) is 9.59 Å². The summed E-state index contributed by atoms with van der Waals surface area (Å²) in [6.07, 6.45) is 0. The number of anilines is 1. The van der Waals surface area contributed by atoms with E-state index in [1.165, 1.54) is 32.3 Å². The molecule has 0 bridgehead atoms. The Balaban J connectivity index is 1.75. The average molecular weight is 605 g/mol. The van der Waals surface area contributed by atoms with E-state index in [2.05, 4.69) is 15.3 Å². The molecule has 0 aliphatic heterocycles. The largest absolute Gasteiger partial charge is 0.497 e. The van der Waals surface area contributed by atoms with Crippen LogP contribution in [-0.2, 0) is 16.1 Å². The van der Waals surface area contributed by atoms with Gasteiger partial charge in [-0.15, -0.1) is 0 Å². The highest BCUT2D eigenvalue weighted by atomic mass is 32.2.